The van der Waals surface area contributed by atoms with Crippen LogP contribution in [0.1, 0.15) is 36.3 Å². The van der Waals surface area contributed by atoms with Crippen molar-refractivity contribution >= 4 is 51.8 Å². The summed E-state index contributed by atoms with van der Waals surface area (Å²) in [5.74, 6) is -9.50. The lowest BCUT2D eigenvalue weighted by Gasteiger charge is -2.36. The second-order valence-electron chi connectivity index (χ2n) is 12.4. The summed E-state index contributed by atoms with van der Waals surface area (Å²) in [4.78, 5) is 57.0. The number of aromatic nitrogens is 1. The number of carbonyl (C=O) groups is 4. The lowest BCUT2D eigenvalue weighted by molar-refractivity contribution is -0.221. The molecule has 7 rings (SSSR count). The molecule has 14 heteroatoms. The number of carboxylic acid groups (broad SMARTS) is 3. The molecule has 1 aromatic heterocycles. The number of hydrogen-bond acceptors (Lipinski definition) is 10. The average molecular weight is 709 g/mol. The minimum Gasteiger partial charge on any atom is -0.479 e. The summed E-state index contributed by atoms with van der Waals surface area (Å²) >= 11 is 0. The van der Waals surface area contributed by atoms with Crippen LogP contribution in [0.5, 0.6) is 11.5 Å². The highest BCUT2D eigenvalue weighted by atomic mass is 16.8. The fourth-order valence-corrected chi connectivity index (χ4v) is 6.53. The van der Waals surface area contributed by atoms with Crippen molar-refractivity contribution in [2.24, 2.45) is 0 Å². The van der Waals surface area contributed by atoms with Crippen molar-refractivity contribution in [2.75, 3.05) is 6.79 Å². The van der Waals surface area contributed by atoms with Gasteiger partial charge in [-0.3, -0.25) is 4.79 Å². The van der Waals surface area contributed by atoms with Gasteiger partial charge in [-0.15, -0.1) is 0 Å². The van der Waals surface area contributed by atoms with E-state index in [4.69, 9.17) is 23.4 Å². The third kappa shape index (κ3) is 6.40. The van der Waals surface area contributed by atoms with Crippen molar-refractivity contribution in [3.05, 3.63) is 108 Å². The first-order valence-corrected chi connectivity index (χ1v) is 16.3. The van der Waals surface area contributed by atoms with Crippen LogP contribution in [0.3, 0.4) is 0 Å². The first-order chi connectivity index (χ1) is 25.0. The van der Waals surface area contributed by atoms with E-state index in [0.717, 1.165) is 16.3 Å². The second kappa shape index (κ2) is 13.8. The lowest BCUT2D eigenvalue weighted by atomic mass is 9.87. The van der Waals surface area contributed by atoms with Gasteiger partial charge in [0, 0.05) is 18.5 Å². The van der Waals surface area contributed by atoms with Crippen LogP contribution in [0.2, 0.25) is 0 Å². The number of amides is 1. The Kier molecular flexibility index (Phi) is 9.09. The van der Waals surface area contributed by atoms with Crippen molar-refractivity contribution in [2.45, 2.75) is 49.8 Å². The zero-order chi connectivity index (χ0) is 36.6. The van der Waals surface area contributed by atoms with Crippen LogP contribution < -0.4 is 9.47 Å². The topological polar surface area (TPSA) is 195 Å². The summed E-state index contributed by atoms with van der Waals surface area (Å²) in [6.45, 7) is 1.71. The maximum absolute atomic E-state index is 14.6. The van der Waals surface area contributed by atoms with Gasteiger partial charge in [-0.2, -0.15) is 0 Å². The smallest absolute Gasteiger partial charge is 0.377 e. The van der Waals surface area contributed by atoms with E-state index in [1.807, 2.05) is 72.8 Å². The van der Waals surface area contributed by atoms with Gasteiger partial charge in [-0.05, 0) is 71.7 Å². The maximum Gasteiger partial charge on any atom is 0.377 e. The first-order valence-electron chi connectivity index (χ1n) is 16.3. The van der Waals surface area contributed by atoms with Crippen LogP contribution in [0.15, 0.2) is 95.4 Å². The Morgan fingerprint density at radius 2 is 1.58 bits per heavy atom. The van der Waals surface area contributed by atoms with Gasteiger partial charge in [0.05, 0.1) is 0 Å². The molecule has 0 unspecified atom stereocenters. The highest BCUT2D eigenvalue weighted by Crippen LogP contribution is 2.39. The average Bonchev–Trinajstić information content (AvgIpc) is 3.89. The molecule has 2 aliphatic heterocycles. The molecule has 14 nitrogen and oxygen atoms in total. The third-order valence-electron chi connectivity index (χ3n) is 9.22. The molecule has 0 aliphatic carbocycles. The van der Waals surface area contributed by atoms with E-state index in [-0.39, 0.29) is 13.3 Å². The quantitative estimate of drug-likeness (QED) is 0.146. The fourth-order valence-electron chi connectivity index (χ4n) is 6.53. The predicted octanol–water partition coefficient (Wildman–Crippen LogP) is 5.05. The Bertz CT molecular complexity index is 2180. The number of para-hydroxylation sites is 2. The summed E-state index contributed by atoms with van der Waals surface area (Å²) in [6, 6.07) is 25.1. The monoisotopic (exact) mass is 708 g/mol. The number of hydrogen-bond donors (Lipinski definition) is 3. The molecular formula is C38H32N2O12. The van der Waals surface area contributed by atoms with E-state index in [0.29, 0.717) is 40.5 Å². The molecule has 3 heterocycles. The summed E-state index contributed by atoms with van der Waals surface area (Å²) in [5, 5.41) is 31.4. The molecule has 0 spiro atoms. The standard InChI is InChI=1S/C38H32N2O12/c1-21(26(25-15-16-29-30(18-25)49-20-48-29)9-6-12-31-39-27-10-4-5-11-28(27)50-31)40(19-22-13-14-23-7-2-3-8-24(23)17-22)34(41)32-33(35(42)43)52-38(51-32,36(44)45)37(46)47/h2-8,10-18,21,26,32-33H,9,19-20H2,1H3,(H,42,43)(H,44,45)(H,46,47)/b12-6+/t21-,26-,32+,33+/m0/s1. The van der Waals surface area contributed by atoms with Crippen molar-refractivity contribution in [1.29, 1.82) is 0 Å². The molecule has 5 aromatic rings. The molecule has 4 atom stereocenters. The van der Waals surface area contributed by atoms with Gasteiger partial charge >= 0.3 is 23.7 Å². The maximum atomic E-state index is 14.6. The van der Waals surface area contributed by atoms with E-state index in [1.165, 1.54) is 4.90 Å². The zero-order valence-electron chi connectivity index (χ0n) is 27.6. The largest absolute Gasteiger partial charge is 0.479 e. The second-order valence-corrected chi connectivity index (χ2v) is 12.4. The van der Waals surface area contributed by atoms with Crippen molar-refractivity contribution in [3.63, 3.8) is 0 Å². The minimum absolute atomic E-state index is 0.0354. The molecule has 266 valence electrons. The van der Waals surface area contributed by atoms with Gasteiger partial charge in [0.15, 0.2) is 29.3 Å². The molecule has 2 aliphatic rings. The van der Waals surface area contributed by atoms with E-state index in [1.54, 1.807) is 31.2 Å². The van der Waals surface area contributed by atoms with Gasteiger partial charge in [0.1, 0.15) is 5.52 Å². The highest BCUT2D eigenvalue weighted by Gasteiger charge is 2.64. The van der Waals surface area contributed by atoms with E-state index in [9.17, 15) is 34.5 Å². The number of nitrogens with zero attached hydrogens (tertiary/aromatic N) is 2. The van der Waals surface area contributed by atoms with Crippen molar-refractivity contribution < 1.29 is 57.9 Å². The number of carboxylic acids is 3. The fraction of sp³-hybridized carbons (Fsp3) is 0.237. The van der Waals surface area contributed by atoms with Crippen LogP contribution in [0, 0.1) is 0 Å². The van der Waals surface area contributed by atoms with Crippen molar-refractivity contribution in [1.82, 2.24) is 9.88 Å². The molecule has 0 bridgehead atoms. The van der Waals surface area contributed by atoms with Gasteiger partial charge in [-0.1, -0.05) is 60.7 Å². The Morgan fingerprint density at radius 3 is 2.33 bits per heavy atom. The van der Waals surface area contributed by atoms with Crippen LogP contribution in [-0.4, -0.2) is 79.8 Å². The SMILES string of the molecule is C[C@@H]([C@H](C/C=C/c1nc2ccccc2o1)c1ccc2c(c1)OCO2)N(Cc1ccc2ccccc2c1)C(=O)[C@@H]1OC(C(=O)O)(C(=O)O)O[C@H]1C(=O)O. The highest BCUT2D eigenvalue weighted by molar-refractivity contribution is 6.02. The predicted molar refractivity (Wildman–Crippen MR) is 182 cm³/mol. The minimum atomic E-state index is -3.42. The Labute approximate surface area is 295 Å². The van der Waals surface area contributed by atoms with Gasteiger partial charge < -0.3 is 43.6 Å². The molecule has 1 fully saturated rings. The van der Waals surface area contributed by atoms with Crippen LogP contribution >= 0.6 is 0 Å². The molecule has 0 saturated carbocycles. The molecule has 1 amide bonds. The van der Waals surface area contributed by atoms with Gasteiger partial charge in [0.25, 0.3) is 5.91 Å². The molecule has 52 heavy (non-hydrogen) atoms. The van der Waals surface area contributed by atoms with Crippen LogP contribution in [0.4, 0.5) is 0 Å². The van der Waals surface area contributed by atoms with Gasteiger partial charge in [0.2, 0.25) is 12.7 Å². The first kappa shape index (κ1) is 34.2. The number of oxazole rings is 1. The number of benzene rings is 4. The van der Waals surface area contributed by atoms with E-state index >= 15 is 0 Å². The number of allylic oxidation sites excluding steroid dienone is 1. The summed E-state index contributed by atoms with van der Waals surface area (Å²) in [6.07, 6.45) is -0.511. The summed E-state index contributed by atoms with van der Waals surface area (Å²) in [7, 11) is 0. The molecule has 4 aromatic carbocycles. The van der Waals surface area contributed by atoms with Crippen LogP contribution in [0.25, 0.3) is 27.9 Å². The Balaban J connectivity index is 1.29. The van der Waals surface area contributed by atoms with Gasteiger partial charge in [-0.25, -0.2) is 19.4 Å². The lowest BCUT2D eigenvalue weighted by Crippen LogP contribution is -2.51. The number of carbonyl (C=O) groups excluding carboxylic acids is 1. The summed E-state index contributed by atoms with van der Waals surface area (Å²) in [5.41, 5.74) is 2.69. The molecule has 3 N–H and O–H groups in total. The molecule has 0 radical (unpaired) electrons. The molecular weight excluding hydrogens is 676 g/mol. The van der Waals surface area contributed by atoms with Crippen LogP contribution in [-0.2, 0) is 35.2 Å². The number of ether oxygens (including phenoxy) is 4. The third-order valence-corrected chi connectivity index (χ3v) is 9.22. The number of aliphatic carboxylic acids is 3. The number of rotatable bonds is 12. The Hall–Kier alpha value is -6.25. The molecule has 1 saturated heterocycles. The normalized spacial score (nSPS) is 18.8. The van der Waals surface area contributed by atoms with E-state index < -0.39 is 53.8 Å². The zero-order valence-corrected chi connectivity index (χ0v) is 27.6. The Morgan fingerprint density at radius 1 is 0.865 bits per heavy atom. The summed E-state index contributed by atoms with van der Waals surface area (Å²) < 4.78 is 27.3. The van der Waals surface area contributed by atoms with E-state index in [2.05, 4.69) is 4.98 Å². The number of fused-ring (bicyclic) bond motifs is 3. The van der Waals surface area contributed by atoms with Crippen molar-refractivity contribution in [3.8, 4) is 11.5 Å².